The van der Waals surface area contributed by atoms with Gasteiger partial charge in [-0.15, -0.1) is 0 Å². The zero-order chi connectivity index (χ0) is 18.9. The third-order valence-electron chi connectivity index (χ3n) is 3.69. The molecular formula is C20H19N3O4. The van der Waals surface area contributed by atoms with Gasteiger partial charge in [0.25, 0.3) is 0 Å². The van der Waals surface area contributed by atoms with Crippen LogP contribution < -0.4 is 10.6 Å². The molecule has 0 radical (unpaired) electrons. The highest BCUT2D eigenvalue weighted by Gasteiger charge is 2.08. The minimum atomic E-state index is -0.641. The molecule has 27 heavy (non-hydrogen) atoms. The molecule has 3 rings (SSSR count). The number of pyridine rings is 1. The molecule has 0 saturated heterocycles. The Kier molecular flexibility index (Phi) is 6.19. The maximum atomic E-state index is 11.9. The third kappa shape index (κ3) is 5.71. The van der Waals surface area contributed by atoms with Gasteiger partial charge in [-0.1, -0.05) is 30.3 Å². The van der Waals surface area contributed by atoms with Crippen LogP contribution in [-0.2, 0) is 22.7 Å². The Morgan fingerprint density at radius 2 is 1.85 bits per heavy atom. The molecule has 2 amide bonds. The molecule has 7 nitrogen and oxygen atoms in total. The minimum Gasteiger partial charge on any atom is -0.463 e. The number of rotatable bonds is 7. The average molecular weight is 365 g/mol. The van der Waals surface area contributed by atoms with Crippen LogP contribution in [0.2, 0.25) is 0 Å². The Balaban J connectivity index is 1.39. The second kappa shape index (κ2) is 9.19. The van der Waals surface area contributed by atoms with Crippen LogP contribution in [0.15, 0.2) is 71.5 Å². The van der Waals surface area contributed by atoms with Crippen LogP contribution in [0.3, 0.4) is 0 Å². The number of benzene rings is 1. The van der Waals surface area contributed by atoms with E-state index < -0.39 is 6.09 Å². The van der Waals surface area contributed by atoms with E-state index in [9.17, 15) is 9.59 Å². The van der Waals surface area contributed by atoms with E-state index in [0.29, 0.717) is 18.0 Å². The van der Waals surface area contributed by atoms with Crippen LogP contribution in [0.25, 0.3) is 11.5 Å². The van der Waals surface area contributed by atoms with Crippen LogP contribution in [0.5, 0.6) is 0 Å². The Hall–Kier alpha value is -3.61. The van der Waals surface area contributed by atoms with Crippen molar-refractivity contribution in [2.45, 2.75) is 13.2 Å². The summed E-state index contributed by atoms with van der Waals surface area (Å²) in [6.45, 7) is 0.306. The first-order chi connectivity index (χ1) is 13.2. The van der Waals surface area contributed by atoms with E-state index in [2.05, 4.69) is 15.6 Å². The highest BCUT2D eigenvalue weighted by Crippen LogP contribution is 2.17. The summed E-state index contributed by atoms with van der Waals surface area (Å²) in [5.41, 5.74) is 2.44. The maximum Gasteiger partial charge on any atom is 0.407 e. The van der Waals surface area contributed by atoms with Crippen LogP contribution in [-0.4, -0.2) is 23.5 Å². The number of ether oxygens (including phenoxy) is 1. The monoisotopic (exact) mass is 365 g/mol. The van der Waals surface area contributed by atoms with Gasteiger partial charge in [-0.3, -0.25) is 9.78 Å². The quantitative estimate of drug-likeness (QED) is 0.671. The Labute approximate surface area is 156 Å². The van der Waals surface area contributed by atoms with Gasteiger partial charge in [0.2, 0.25) is 5.91 Å². The summed E-state index contributed by atoms with van der Waals surface area (Å²) in [5, 5.41) is 5.16. The van der Waals surface area contributed by atoms with Crippen molar-refractivity contribution in [1.82, 2.24) is 15.6 Å². The van der Waals surface area contributed by atoms with Gasteiger partial charge in [-0.05, 0) is 35.4 Å². The molecule has 0 atom stereocenters. The van der Waals surface area contributed by atoms with Crippen LogP contribution >= 0.6 is 0 Å². The molecule has 0 spiro atoms. The summed E-state index contributed by atoms with van der Waals surface area (Å²) in [6.07, 6.45) is 2.59. The molecule has 0 bridgehead atoms. The smallest absolute Gasteiger partial charge is 0.407 e. The Morgan fingerprint density at radius 3 is 2.63 bits per heavy atom. The molecule has 0 unspecified atom stereocenters. The van der Waals surface area contributed by atoms with Crippen molar-refractivity contribution >= 4 is 12.0 Å². The lowest BCUT2D eigenvalue weighted by Crippen LogP contribution is -2.36. The molecule has 0 fully saturated rings. The van der Waals surface area contributed by atoms with E-state index in [-0.39, 0.29) is 19.1 Å². The van der Waals surface area contributed by atoms with E-state index in [0.717, 1.165) is 11.1 Å². The number of nitrogens with zero attached hydrogens (tertiary/aromatic N) is 1. The molecule has 0 aliphatic carbocycles. The molecule has 0 aliphatic rings. The second-order valence-corrected chi connectivity index (χ2v) is 5.72. The van der Waals surface area contributed by atoms with Crippen LogP contribution in [0.1, 0.15) is 11.1 Å². The summed E-state index contributed by atoms with van der Waals surface area (Å²) < 4.78 is 10.4. The van der Waals surface area contributed by atoms with Crippen molar-refractivity contribution in [3.63, 3.8) is 0 Å². The standard InChI is InChI=1S/C20H19N3O4/c24-19(13-23-20(25)27-14-15-5-2-1-3-6-15)22-12-16-8-9-21-17(11-16)18-7-4-10-26-18/h1-11H,12-14H2,(H,22,24)(H,23,25). The number of amides is 2. The number of hydrogen-bond acceptors (Lipinski definition) is 5. The van der Waals surface area contributed by atoms with Crippen molar-refractivity contribution in [3.8, 4) is 11.5 Å². The SMILES string of the molecule is O=C(CNC(=O)OCc1ccccc1)NCc1ccnc(-c2ccco2)c1. The summed E-state index contributed by atoms with van der Waals surface area (Å²) in [4.78, 5) is 27.8. The van der Waals surface area contributed by atoms with Gasteiger partial charge in [0, 0.05) is 12.7 Å². The summed E-state index contributed by atoms with van der Waals surface area (Å²) in [5.74, 6) is 0.342. The predicted octanol–water partition coefficient (Wildman–Crippen LogP) is 2.88. The largest absolute Gasteiger partial charge is 0.463 e. The summed E-state index contributed by atoms with van der Waals surface area (Å²) in [6, 6.07) is 16.5. The first kappa shape index (κ1) is 18.2. The molecule has 0 saturated carbocycles. The number of aromatic nitrogens is 1. The van der Waals surface area contributed by atoms with Crippen molar-refractivity contribution in [2.24, 2.45) is 0 Å². The first-order valence-electron chi connectivity index (χ1n) is 8.41. The van der Waals surface area contributed by atoms with E-state index in [1.54, 1.807) is 24.6 Å². The Morgan fingerprint density at radius 1 is 1.00 bits per heavy atom. The van der Waals surface area contributed by atoms with E-state index in [1.165, 1.54) is 0 Å². The zero-order valence-electron chi connectivity index (χ0n) is 14.6. The maximum absolute atomic E-state index is 11.9. The van der Waals surface area contributed by atoms with Gasteiger partial charge in [0.1, 0.15) is 18.8 Å². The van der Waals surface area contributed by atoms with Gasteiger partial charge in [0.05, 0.1) is 6.26 Å². The lowest BCUT2D eigenvalue weighted by atomic mass is 10.2. The molecular weight excluding hydrogens is 346 g/mol. The average Bonchev–Trinajstić information content (AvgIpc) is 3.25. The normalized spacial score (nSPS) is 10.2. The van der Waals surface area contributed by atoms with Crippen LogP contribution in [0, 0.1) is 0 Å². The lowest BCUT2D eigenvalue weighted by molar-refractivity contribution is -0.120. The molecule has 1 aromatic carbocycles. The number of carbonyl (C=O) groups excluding carboxylic acids is 2. The fourth-order valence-electron chi connectivity index (χ4n) is 2.33. The molecule has 3 aromatic rings. The van der Waals surface area contributed by atoms with Gasteiger partial charge < -0.3 is 19.8 Å². The van der Waals surface area contributed by atoms with Crippen molar-refractivity contribution in [3.05, 3.63) is 78.2 Å². The van der Waals surface area contributed by atoms with Crippen molar-refractivity contribution in [2.75, 3.05) is 6.54 Å². The molecule has 2 N–H and O–H groups in total. The molecule has 2 aromatic heterocycles. The van der Waals surface area contributed by atoms with Gasteiger partial charge >= 0.3 is 6.09 Å². The highest BCUT2D eigenvalue weighted by molar-refractivity contribution is 5.82. The topological polar surface area (TPSA) is 93.5 Å². The molecule has 2 heterocycles. The fraction of sp³-hybridized carbons (Fsp3) is 0.150. The highest BCUT2D eigenvalue weighted by atomic mass is 16.5. The van der Waals surface area contributed by atoms with E-state index in [1.807, 2.05) is 42.5 Å². The number of nitrogens with one attached hydrogen (secondary N) is 2. The summed E-state index contributed by atoms with van der Waals surface area (Å²) >= 11 is 0. The van der Waals surface area contributed by atoms with Crippen molar-refractivity contribution in [1.29, 1.82) is 0 Å². The summed E-state index contributed by atoms with van der Waals surface area (Å²) in [7, 11) is 0. The number of alkyl carbamates (subject to hydrolysis) is 1. The van der Waals surface area contributed by atoms with Gasteiger partial charge in [0.15, 0.2) is 5.76 Å². The zero-order valence-corrected chi connectivity index (χ0v) is 14.6. The van der Waals surface area contributed by atoms with Crippen LogP contribution in [0.4, 0.5) is 4.79 Å². The second-order valence-electron chi connectivity index (χ2n) is 5.72. The number of hydrogen-bond donors (Lipinski definition) is 2. The van der Waals surface area contributed by atoms with Gasteiger partial charge in [-0.2, -0.15) is 0 Å². The molecule has 0 aliphatic heterocycles. The molecule has 7 heteroatoms. The first-order valence-corrected chi connectivity index (χ1v) is 8.41. The fourth-order valence-corrected chi connectivity index (χ4v) is 2.33. The van der Waals surface area contributed by atoms with Crippen molar-refractivity contribution < 1.29 is 18.7 Å². The van der Waals surface area contributed by atoms with E-state index in [4.69, 9.17) is 9.15 Å². The van der Waals surface area contributed by atoms with E-state index >= 15 is 0 Å². The number of carbonyl (C=O) groups is 2. The predicted molar refractivity (Wildman–Crippen MR) is 98.4 cm³/mol. The Bertz CT molecular complexity index is 879. The minimum absolute atomic E-state index is 0.154. The number of furan rings is 1. The molecule has 138 valence electrons. The third-order valence-corrected chi connectivity index (χ3v) is 3.69. The van der Waals surface area contributed by atoms with Gasteiger partial charge in [-0.25, -0.2) is 4.79 Å². The lowest BCUT2D eigenvalue weighted by Gasteiger charge is -2.08.